The van der Waals surface area contributed by atoms with Gasteiger partial charge in [0.25, 0.3) is 0 Å². The van der Waals surface area contributed by atoms with Gasteiger partial charge in [0.15, 0.2) is 5.82 Å². The van der Waals surface area contributed by atoms with Crippen LogP contribution in [0.25, 0.3) is 0 Å². The molecule has 0 aromatic carbocycles. The third-order valence-electron chi connectivity index (χ3n) is 1.78. The Morgan fingerprint density at radius 1 is 1.50 bits per heavy atom. The normalized spacial score (nSPS) is 13.1. The Balaban J connectivity index is 2.42. The van der Waals surface area contributed by atoms with E-state index in [2.05, 4.69) is 33.0 Å². The highest BCUT2D eigenvalue weighted by molar-refractivity contribution is 9.09. The van der Waals surface area contributed by atoms with Crippen molar-refractivity contribution in [3.8, 4) is 0 Å². The van der Waals surface area contributed by atoms with Crippen molar-refractivity contribution in [3.63, 3.8) is 0 Å². The molecule has 0 fully saturated rings. The van der Waals surface area contributed by atoms with Crippen LogP contribution in [0.15, 0.2) is 4.52 Å². The fourth-order valence-corrected chi connectivity index (χ4v) is 1.16. The molecular formula is C9H15BrN2O2. The largest absolute Gasteiger partial charge is 0.381 e. The van der Waals surface area contributed by atoms with E-state index in [1.807, 2.05) is 6.92 Å². The Labute approximate surface area is 92.2 Å². The summed E-state index contributed by atoms with van der Waals surface area (Å²) >= 11 is 3.45. The average molecular weight is 263 g/mol. The minimum atomic E-state index is 0.163. The van der Waals surface area contributed by atoms with Crippen LogP contribution in [0.1, 0.15) is 36.8 Å². The first-order valence-corrected chi connectivity index (χ1v) is 5.73. The summed E-state index contributed by atoms with van der Waals surface area (Å²) < 4.78 is 10.3. The highest BCUT2D eigenvalue weighted by Crippen LogP contribution is 2.23. The zero-order valence-corrected chi connectivity index (χ0v) is 10.1. The standard InChI is InChI=1S/C9H15BrN2O2/c1-3-7(10)9-11-8(12-14-9)5-6-13-4-2/h7H,3-6H2,1-2H3. The van der Waals surface area contributed by atoms with Crippen molar-refractivity contribution < 1.29 is 9.26 Å². The zero-order chi connectivity index (χ0) is 10.4. The minimum absolute atomic E-state index is 0.163. The molecule has 0 radical (unpaired) electrons. The van der Waals surface area contributed by atoms with E-state index in [4.69, 9.17) is 9.26 Å². The van der Waals surface area contributed by atoms with E-state index in [9.17, 15) is 0 Å². The Morgan fingerprint density at radius 3 is 2.93 bits per heavy atom. The molecule has 0 saturated carbocycles. The lowest BCUT2D eigenvalue weighted by Crippen LogP contribution is -1.99. The van der Waals surface area contributed by atoms with Gasteiger partial charge in [0.1, 0.15) is 0 Å². The molecule has 0 bridgehead atoms. The van der Waals surface area contributed by atoms with Gasteiger partial charge in [0, 0.05) is 13.0 Å². The highest BCUT2D eigenvalue weighted by Gasteiger charge is 2.13. The van der Waals surface area contributed by atoms with Gasteiger partial charge in [-0.15, -0.1) is 0 Å². The molecule has 1 aromatic rings. The van der Waals surface area contributed by atoms with E-state index in [-0.39, 0.29) is 4.83 Å². The summed E-state index contributed by atoms with van der Waals surface area (Å²) in [6.45, 7) is 5.39. The van der Waals surface area contributed by atoms with Crippen molar-refractivity contribution >= 4 is 15.9 Å². The quantitative estimate of drug-likeness (QED) is 0.584. The van der Waals surface area contributed by atoms with E-state index >= 15 is 0 Å². The summed E-state index contributed by atoms with van der Waals surface area (Å²) in [6.07, 6.45) is 1.65. The second kappa shape index (κ2) is 6.14. The molecule has 0 aliphatic rings. The molecule has 5 heteroatoms. The smallest absolute Gasteiger partial charge is 0.240 e. The summed E-state index contributed by atoms with van der Waals surface area (Å²) in [5, 5.41) is 3.86. The van der Waals surface area contributed by atoms with Crippen molar-refractivity contribution in [1.29, 1.82) is 0 Å². The third kappa shape index (κ3) is 3.38. The van der Waals surface area contributed by atoms with Gasteiger partial charge in [0.05, 0.1) is 11.4 Å². The predicted octanol–water partition coefficient (Wildman–Crippen LogP) is 2.49. The number of hydrogen-bond donors (Lipinski definition) is 0. The molecule has 0 aliphatic carbocycles. The summed E-state index contributed by atoms with van der Waals surface area (Å²) in [5.74, 6) is 1.37. The monoisotopic (exact) mass is 262 g/mol. The second-order valence-corrected chi connectivity index (χ2v) is 3.98. The Kier molecular flexibility index (Phi) is 5.11. The lowest BCUT2D eigenvalue weighted by molar-refractivity contribution is 0.149. The van der Waals surface area contributed by atoms with E-state index in [0.29, 0.717) is 24.7 Å². The maximum atomic E-state index is 5.20. The number of aromatic nitrogens is 2. The molecule has 1 atom stereocenters. The molecule has 0 saturated heterocycles. The predicted molar refractivity (Wildman–Crippen MR) is 56.5 cm³/mol. The fraction of sp³-hybridized carbons (Fsp3) is 0.778. The van der Waals surface area contributed by atoms with E-state index < -0.39 is 0 Å². The molecule has 1 unspecified atom stereocenters. The van der Waals surface area contributed by atoms with E-state index in [1.54, 1.807) is 0 Å². The van der Waals surface area contributed by atoms with Crippen LogP contribution >= 0.6 is 15.9 Å². The third-order valence-corrected chi connectivity index (χ3v) is 2.82. The van der Waals surface area contributed by atoms with Crippen LogP contribution in [0.5, 0.6) is 0 Å². The second-order valence-electron chi connectivity index (χ2n) is 2.87. The first-order chi connectivity index (χ1) is 6.77. The summed E-state index contributed by atoms with van der Waals surface area (Å²) in [5.41, 5.74) is 0. The average Bonchev–Trinajstić information content (AvgIpc) is 2.66. The van der Waals surface area contributed by atoms with Gasteiger partial charge in [-0.05, 0) is 13.3 Å². The van der Waals surface area contributed by atoms with Gasteiger partial charge in [0.2, 0.25) is 5.89 Å². The Hall–Kier alpha value is -0.420. The highest BCUT2D eigenvalue weighted by atomic mass is 79.9. The first kappa shape index (κ1) is 11.7. The molecule has 1 rings (SSSR count). The molecule has 0 amide bonds. The van der Waals surface area contributed by atoms with Crippen molar-refractivity contribution in [2.24, 2.45) is 0 Å². The summed E-state index contributed by atoms with van der Waals surface area (Å²) in [6, 6.07) is 0. The van der Waals surface area contributed by atoms with Crippen molar-refractivity contribution in [2.75, 3.05) is 13.2 Å². The molecule has 4 nitrogen and oxygen atoms in total. The van der Waals surface area contributed by atoms with E-state index in [0.717, 1.165) is 13.0 Å². The van der Waals surface area contributed by atoms with Crippen LogP contribution in [0.3, 0.4) is 0 Å². The topological polar surface area (TPSA) is 48.2 Å². The SMILES string of the molecule is CCOCCc1noc(C(Br)CC)n1. The number of halogens is 1. The van der Waals surface area contributed by atoms with Crippen molar-refractivity contribution in [1.82, 2.24) is 10.1 Å². The molecule has 14 heavy (non-hydrogen) atoms. The molecule has 1 heterocycles. The van der Waals surface area contributed by atoms with Gasteiger partial charge < -0.3 is 9.26 Å². The summed E-state index contributed by atoms with van der Waals surface area (Å²) in [4.78, 5) is 4.41. The molecule has 1 aromatic heterocycles. The maximum Gasteiger partial charge on any atom is 0.240 e. The van der Waals surface area contributed by atoms with Gasteiger partial charge in [-0.2, -0.15) is 4.98 Å². The van der Waals surface area contributed by atoms with Crippen LogP contribution in [-0.2, 0) is 11.2 Å². The molecule has 80 valence electrons. The van der Waals surface area contributed by atoms with Crippen LogP contribution in [0, 0.1) is 0 Å². The van der Waals surface area contributed by atoms with Crippen molar-refractivity contribution in [3.05, 3.63) is 11.7 Å². The maximum absolute atomic E-state index is 5.20. The van der Waals surface area contributed by atoms with Gasteiger partial charge in [-0.3, -0.25) is 0 Å². The van der Waals surface area contributed by atoms with Crippen LogP contribution < -0.4 is 0 Å². The van der Waals surface area contributed by atoms with Crippen LogP contribution in [-0.4, -0.2) is 23.4 Å². The Morgan fingerprint density at radius 2 is 2.29 bits per heavy atom. The van der Waals surface area contributed by atoms with Gasteiger partial charge in [-0.1, -0.05) is 28.0 Å². The van der Waals surface area contributed by atoms with Crippen LogP contribution in [0.4, 0.5) is 0 Å². The van der Waals surface area contributed by atoms with Gasteiger partial charge >= 0.3 is 0 Å². The lowest BCUT2D eigenvalue weighted by Gasteiger charge is -1.97. The van der Waals surface area contributed by atoms with Crippen LogP contribution in [0.2, 0.25) is 0 Å². The molecule has 0 spiro atoms. The minimum Gasteiger partial charge on any atom is -0.381 e. The summed E-state index contributed by atoms with van der Waals surface area (Å²) in [7, 11) is 0. The molecule has 0 N–H and O–H groups in total. The number of hydrogen-bond acceptors (Lipinski definition) is 4. The number of ether oxygens (including phenoxy) is 1. The molecule has 0 aliphatic heterocycles. The Bertz CT molecular complexity index is 265. The number of nitrogens with zero attached hydrogens (tertiary/aromatic N) is 2. The van der Waals surface area contributed by atoms with Gasteiger partial charge in [-0.25, -0.2) is 0 Å². The fourth-order valence-electron chi connectivity index (χ4n) is 0.979. The number of alkyl halides is 1. The lowest BCUT2D eigenvalue weighted by atomic mass is 10.3. The zero-order valence-electron chi connectivity index (χ0n) is 8.49. The number of rotatable bonds is 6. The van der Waals surface area contributed by atoms with Crippen molar-refractivity contribution in [2.45, 2.75) is 31.5 Å². The molecular weight excluding hydrogens is 248 g/mol. The van der Waals surface area contributed by atoms with E-state index in [1.165, 1.54) is 0 Å². The first-order valence-electron chi connectivity index (χ1n) is 4.82.